The van der Waals surface area contributed by atoms with Crippen molar-refractivity contribution in [1.29, 1.82) is 0 Å². The topological polar surface area (TPSA) is 35.6 Å². The number of rotatable bonds is 6. The molecule has 0 aromatic rings. The van der Waals surface area contributed by atoms with Crippen LogP contribution in [0.25, 0.3) is 0 Å². The number of hydrogen-bond acceptors (Lipinski definition) is 3. The first-order valence-electron chi connectivity index (χ1n) is 7.55. The lowest BCUT2D eigenvalue weighted by Gasteiger charge is -2.34. The van der Waals surface area contributed by atoms with Gasteiger partial charge in [-0.2, -0.15) is 0 Å². The molecule has 1 N–H and O–H groups in total. The molecule has 4 nitrogen and oxygen atoms in total. The molecule has 0 spiro atoms. The molecule has 1 saturated carbocycles. The van der Waals surface area contributed by atoms with Gasteiger partial charge in [0.15, 0.2) is 0 Å². The van der Waals surface area contributed by atoms with Crippen LogP contribution in [0, 0.1) is 5.92 Å². The van der Waals surface area contributed by atoms with Gasteiger partial charge in [-0.1, -0.05) is 0 Å². The molecule has 1 atom stereocenters. The maximum atomic E-state index is 12.1. The Hall–Kier alpha value is -0.610. The van der Waals surface area contributed by atoms with Crippen LogP contribution in [0.5, 0.6) is 0 Å². The van der Waals surface area contributed by atoms with Crippen LogP contribution >= 0.6 is 0 Å². The number of likely N-dealkylation sites (tertiary alicyclic amines) is 1. The summed E-state index contributed by atoms with van der Waals surface area (Å²) in [6.45, 7) is 5.97. The Kier molecular flexibility index (Phi) is 3.85. The van der Waals surface area contributed by atoms with Gasteiger partial charge in [0.05, 0.1) is 6.54 Å². The van der Waals surface area contributed by atoms with E-state index in [1.807, 2.05) is 4.90 Å². The van der Waals surface area contributed by atoms with Crippen molar-refractivity contribution in [3.63, 3.8) is 0 Å². The van der Waals surface area contributed by atoms with Gasteiger partial charge in [0.2, 0.25) is 5.91 Å². The minimum Gasteiger partial charge on any atom is -0.341 e. The molecule has 18 heavy (non-hydrogen) atoms. The summed E-state index contributed by atoms with van der Waals surface area (Å²) in [5, 5.41) is 3.54. The van der Waals surface area contributed by atoms with E-state index in [1.54, 1.807) is 0 Å². The lowest BCUT2D eigenvalue weighted by molar-refractivity contribution is -0.135. The summed E-state index contributed by atoms with van der Waals surface area (Å²) >= 11 is 0. The van der Waals surface area contributed by atoms with E-state index < -0.39 is 0 Å². The van der Waals surface area contributed by atoms with Crippen LogP contribution < -0.4 is 5.32 Å². The number of amides is 1. The van der Waals surface area contributed by atoms with Crippen molar-refractivity contribution in [2.24, 2.45) is 5.92 Å². The molecule has 4 heteroatoms. The Morgan fingerprint density at radius 3 is 2.56 bits per heavy atom. The van der Waals surface area contributed by atoms with Gasteiger partial charge in [0.1, 0.15) is 0 Å². The van der Waals surface area contributed by atoms with Gasteiger partial charge in [-0.15, -0.1) is 0 Å². The van der Waals surface area contributed by atoms with Crippen molar-refractivity contribution in [3.8, 4) is 0 Å². The zero-order valence-electron chi connectivity index (χ0n) is 11.2. The van der Waals surface area contributed by atoms with Gasteiger partial charge < -0.3 is 10.2 Å². The molecule has 102 valence electrons. The van der Waals surface area contributed by atoms with E-state index in [0.29, 0.717) is 18.5 Å². The van der Waals surface area contributed by atoms with Gasteiger partial charge in [0, 0.05) is 32.2 Å². The Labute approximate surface area is 110 Å². The summed E-state index contributed by atoms with van der Waals surface area (Å²) in [6, 6.07) is 0.618. The smallest absolute Gasteiger partial charge is 0.236 e. The quantitative estimate of drug-likeness (QED) is 0.754. The molecule has 1 unspecified atom stereocenters. The normalized spacial score (nSPS) is 27.6. The van der Waals surface area contributed by atoms with Gasteiger partial charge >= 0.3 is 0 Å². The highest BCUT2D eigenvalue weighted by molar-refractivity contribution is 5.78. The van der Waals surface area contributed by atoms with Gasteiger partial charge in [-0.05, 0) is 44.6 Å². The number of carbonyl (C=O) groups is 1. The van der Waals surface area contributed by atoms with Crippen molar-refractivity contribution in [2.75, 3.05) is 39.3 Å². The maximum Gasteiger partial charge on any atom is 0.236 e. The third-order valence-electron chi connectivity index (χ3n) is 4.42. The van der Waals surface area contributed by atoms with Gasteiger partial charge in [-0.3, -0.25) is 9.69 Å². The van der Waals surface area contributed by atoms with Crippen LogP contribution in [0.2, 0.25) is 0 Å². The zero-order chi connectivity index (χ0) is 12.4. The summed E-state index contributed by atoms with van der Waals surface area (Å²) in [4.78, 5) is 16.5. The van der Waals surface area contributed by atoms with Crippen LogP contribution in [-0.2, 0) is 4.79 Å². The number of nitrogens with one attached hydrogen (secondary N) is 1. The molecular formula is C14H25N3O. The lowest BCUT2D eigenvalue weighted by Crippen LogP contribution is -2.49. The van der Waals surface area contributed by atoms with Gasteiger partial charge in [-0.25, -0.2) is 0 Å². The molecule has 2 aliphatic heterocycles. The first kappa shape index (κ1) is 12.4. The molecule has 3 rings (SSSR count). The van der Waals surface area contributed by atoms with E-state index in [0.717, 1.165) is 38.6 Å². The van der Waals surface area contributed by atoms with Crippen molar-refractivity contribution in [2.45, 2.75) is 38.1 Å². The van der Waals surface area contributed by atoms with E-state index >= 15 is 0 Å². The molecule has 0 aromatic carbocycles. The minimum absolute atomic E-state index is 0.347. The second-order valence-electron chi connectivity index (χ2n) is 6.17. The highest BCUT2D eigenvalue weighted by atomic mass is 16.2. The molecular weight excluding hydrogens is 226 g/mol. The van der Waals surface area contributed by atoms with Crippen LogP contribution in [0.1, 0.15) is 32.1 Å². The molecule has 1 amide bonds. The second-order valence-corrected chi connectivity index (χ2v) is 6.17. The summed E-state index contributed by atoms with van der Waals surface area (Å²) in [7, 11) is 0. The third-order valence-corrected chi connectivity index (χ3v) is 4.42. The number of carbonyl (C=O) groups excluding carboxylic acids is 1. The monoisotopic (exact) mass is 251 g/mol. The first-order valence-corrected chi connectivity index (χ1v) is 7.55. The fourth-order valence-electron chi connectivity index (χ4n) is 2.95. The average molecular weight is 251 g/mol. The molecule has 1 aliphatic carbocycles. The van der Waals surface area contributed by atoms with Crippen LogP contribution in [0.3, 0.4) is 0 Å². The first-order chi connectivity index (χ1) is 8.81. The number of nitrogens with zero attached hydrogens (tertiary/aromatic N) is 2. The highest BCUT2D eigenvalue weighted by Gasteiger charge is 2.29. The molecule has 0 bridgehead atoms. The van der Waals surface area contributed by atoms with Crippen molar-refractivity contribution >= 4 is 5.91 Å². The standard InChI is InChI=1S/C14H25N3O/c18-14(17-7-2-8-17)11-16(9-12-4-5-12)10-13-3-1-6-15-13/h12-13,15H,1-11H2. The second kappa shape index (κ2) is 5.57. The Morgan fingerprint density at radius 2 is 2.00 bits per heavy atom. The average Bonchev–Trinajstić information content (AvgIpc) is 2.90. The summed E-state index contributed by atoms with van der Waals surface area (Å²) in [5.41, 5.74) is 0. The van der Waals surface area contributed by atoms with Crippen LogP contribution in [0.4, 0.5) is 0 Å². The Bertz CT molecular complexity index is 293. The van der Waals surface area contributed by atoms with Crippen LogP contribution in [-0.4, -0.2) is 61.0 Å². The molecule has 0 aromatic heterocycles. The number of hydrogen-bond donors (Lipinski definition) is 1. The fourth-order valence-corrected chi connectivity index (χ4v) is 2.95. The zero-order valence-corrected chi connectivity index (χ0v) is 11.2. The molecule has 2 saturated heterocycles. The van der Waals surface area contributed by atoms with E-state index in [9.17, 15) is 4.79 Å². The van der Waals surface area contributed by atoms with E-state index in [2.05, 4.69) is 10.2 Å². The predicted octanol–water partition coefficient (Wildman–Crippen LogP) is 0.683. The maximum absolute atomic E-state index is 12.1. The molecule has 3 aliphatic rings. The van der Waals surface area contributed by atoms with E-state index in [4.69, 9.17) is 0 Å². The Morgan fingerprint density at radius 1 is 1.17 bits per heavy atom. The largest absolute Gasteiger partial charge is 0.341 e. The lowest BCUT2D eigenvalue weighted by atomic mass is 10.2. The van der Waals surface area contributed by atoms with E-state index in [-0.39, 0.29) is 0 Å². The summed E-state index contributed by atoms with van der Waals surface area (Å²) < 4.78 is 0. The predicted molar refractivity (Wildman–Crippen MR) is 71.4 cm³/mol. The molecule has 0 radical (unpaired) electrons. The Balaban J connectivity index is 1.48. The van der Waals surface area contributed by atoms with Crippen LogP contribution in [0.15, 0.2) is 0 Å². The van der Waals surface area contributed by atoms with Gasteiger partial charge in [0.25, 0.3) is 0 Å². The molecule has 3 fully saturated rings. The van der Waals surface area contributed by atoms with Crippen molar-refractivity contribution in [3.05, 3.63) is 0 Å². The van der Waals surface area contributed by atoms with Crippen molar-refractivity contribution in [1.82, 2.24) is 15.1 Å². The summed E-state index contributed by atoms with van der Waals surface area (Å²) in [6.07, 6.45) is 6.50. The van der Waals surface area contributed by atoms with Crippen molar-refractivity contribution < 1.29 is 4.79 Å². The molecule has 2 heterocycles. The minimum atomic E-state index is 0.347. The SMILES string of the molecule is O=C(CN(CC1CC1)CC1CCCN1)N1CCC1. The highest BCUT2D eigenvalue weighted by Crippen LogP contribution is 2.30. The van der Waals surface area contributed by atoms with E-state index in [1.165, 1.54) is 32.1 Å². The fraction of sp³-hybridized carbons (Fsp3) is 0.929. The summed E-state index contributed by atoms with van der Waals surface area (Å²) in [5.74, 6) is 1.22. The third kappa shape index (κ3) is 3.23.